The molecule has 0 unspecified atom stereocenters. The van der Waals surface area contributed by atoms with E-state index in [4.69, 9.17) is 9.97 Å². The fraction of sp³-hybridized carbons (Fsp3) is 0.765. The van der Waals surface area contributed by atoms with Crippen LogP contribution in [0.3, 0.4) is 0 Å². The Hall–Kier alpha value is -0.960. The molecule has 0 aromatic carbocycles. The van der Waals surface area contributed by atoms with Gasteiger partial charge in [0.2, 0.25) is 0 Å². The van der Waals surface area contributed by atoms with Crippen molar-refractivity contribution in [1.29, 1.82) is 0 Å². The Balaban J connectivity index is 2.24. The summed E-state index contributed by atoms with van der Waals surface area (Å²) in [7, 11) is 0. The van der Waals surface area contributed by atoms with Crippen molar-refractivity contribution in [2.45, 2.75) is 78.2 Å². The normalized spacial score (nSPS) is 16.7. The molecule has 1 aliphatic rings. The fourth-order valence-corrected chi connectivity index (χ4v) is 2.62. The minimum absolute atomic E-state index is 0.266. The van der Waals surface area contributed by atoms with Crippen LogP contribution in [0.5, 0.6) is 0 Å². The number of rotatable bonds is 7. The van der Waals surface area contributed by atoms with Gasteiger partial charge in [0.1, 0.15) is 5.82 Å². The van der Waals surface area contributed by atoms with Crippen LogP contribution in [0.4, 0.5) is 0 Å². The molecule has 0 amide bonds. The van der Waals surface area contributed by atoms with Gasteiger partial charge in [0, 0.05) is 22.8 Å². The third kappa shape index (κ3) is 3.38. The minimum atomic E-state index is 0.266. The second kappa shape index (κ2) is 6.21. The third-order valence-electron chi connectivity index (χ3n) is 4.32. The molecule has 20 heavy (non-hydrogen) atoms. The van der Waals surface area contributed by atoms with Crippen molar-refractivity contribution >= 4 is 0 Å². The van der Waals surface area contributed by atoms with Gasteiger partial charge in [0.05, 0.1) is 0 Å². The molecule has 3 heteroatoms. The van der Waals surface area contributed by atoms with E-state index in [2.05, 4.69) is 39.9 Å². The number of aryl methyl sites for hydroxylation is 2. The first-order valence-corrected chi connectivity index (χ1v) is 8.12. The first-order valence-electron chi connectivity index (χ1n) is 8.12. The molecule has 1 aromatic heterocycles. The Morgan fingerprint density at radius 3 is 2.05 bits per heavy atom. The predicted octanol–water partition coefficient (Wildman–Crippen LogP) is 3.19. The highest BCUT2D eigenvalue weighted by molar-refractivity contribution is 5.30. The van der Waals surface area contributed by atoms with Crippen LogP contribution in [0, 0.1) is 0 Å². The van der Waals surface area contributed by atoms with Gasteiger partial charge >= 0.3 is 0 Å². The number of aromatic nitrogens is 2. The van der Waals surface area contributed by atoms with Crippen molar-refractivity contribution in [2.75, 3.05) is 6.54 Å². The van der Waals surface area contributed by atoms with E-state index in [0.29, 0.717) is 6.04 Å². The number of hydrogen-bond acceptors (Lipinski definition) is 3. The molecule has 0 spiro atoms. The first kappa shape index (κ1) is 15.4. The maximum atomic E-state index is 4.89. The van der Waals surface area contributed by atoms with Gasteiger partial charge in [-0.1, -0.05) is 34.6 Å². The molecule has 3 nitrogen and oxygen atoms in total. The molecule has 1 saturated carbocycles. The van der Waals surface area contributed by atoms with E-state index in [9.17, 15) is 0 Å². The number of hydrogen-bond donors (Lipinski definition) is 1. The summed E-state index contributed by atoms with van der Waals surface area (Å²) in [4.78, 5) is 9.78. The lowest BCUT2D eigenvalue weighted by Gasteiger charge is -2.17. The Kier molecular flexibility index (Phi) is 4.79. The Bertz CT molecular complexity index is 436. The van der Waals surface area contributed by atoms with Gasteiger partial charge in [-0.25, -0.2) is 9.97 Å². The van der Waals surface area contributed by atoms with E-state index in [1.807, 2.05) is 0 Å². The van der Waals surface area contributed by atoms with Crippen molar-refractivity contribution < 1.29 is 0 Å². The zero-order chi connectivity index (χ0) is 14.8. The molecular formula is C17H29N3. The average Bonchev–Trinajstić information content (AvgIpc) is 3.17. The molecular weight excluding hydrogens is 246 g/mol. The predicted molar refractivity (Wildman–Crippen MR) is 84.2 cm³/mol. The van der Waals surface area contributed by atoms with Gasteiger partial charge < -0.3 is 5.32 Å². The highest BCUT2D eigenvalue weighted by atomic mass is 14.9. The molecule has 1 aliphatic carbocycles. The summed E-state index contributed by atoms with van der Waals surface area (Å²) in [5, 5.41) is 3.50. The minimum Gasteiger partial charge on any atom is -0.314 e. The Labute approximate surface area is 123 Å². The van der Waals surface area contributed by atoms with Crippen molar-refractivity contribution in [1.82, 2.24) is 15.3 Å². The molecule has 0 bridgehead atoms. The van der Waals surface area contributed by atoms with Gasteiger partial charge in [-0.05, 0) is 44.2 Å². The summed E-state index contributed by atoms with van der Waals surface area (Å²) in [6, 6.07) is 0.538. The average molecular weight is 275 g/mol. The van der Waals surface area contributed by atoms with Gasteiger partial charge in [0.15, 0.2) is 0 Å². The first-order chi connectivity index (χ1) is 9.50. The smallest absolute Gasteiger partial charge is 0.134 e. The quantitative estimate of drug-likeness (QED) is 0.830. The maximum Gasteiger partial charge on any atom is 0.134 e. The topological polar surface area (TPSA) is 37.8 Å². The lowest BCUT2D eigenvalue weighted by molar-refractivity contribution is 0.584. The Morgan fingerprint density at radius 1 is 1.10 bits per heavy atom. The van der Waals surface area contributed by atoms with E-state index in [1.54, 1.807) is 0 Å². The molecule has 112 valence electrons. The van der Waals surface area contributed by atoms with E-state index < -0.39 is 0 Å². The molecule has 1 N–H and O–H groups in total. The van der Waals surface area contributed by atoms with E-state index in [-0.39, 0.29) is 5.41 Å². The van der Waals surface area contributed by atoms with Gasteiger partial charge in [-0.2, -0.15) is 0 Å². The highest BCUT2D eigenvalue weighted by Crippen LogP contribution is 2.46. The van der Waals surface area contributed by atoms with Crippen LogP contribution in [-0.2, 0) is 24.7 Å². The fourth-order valence-electron chi connectivity index (χ4n) is 2.62. The molecule has 1 heterocycles. The molecule has 1 fully saturated rings. The number of nitrogens with zero attached hydrogens (tertiary/aromatic N) is 2. The second-order valence-electron chi connectivity index (χ2n) is 6.55. The molecule has 0 saturated heterocycles. The van der Waals surface area contributed by atoms with Crippen LogP contribution in [-0.4, -0.2) is 22.6 Å². The number of nitrogens with one attached hydrogen (secondary N) is 1. The van der Waals surface area contributed by atoms with Crippen LogP contribution in [0.15, 0.2) is 0 Å². The summed E-state index contributed by atoms with van der Waals surface area (Å²) >= 11 is 0. The van der Waals surface area contributed by atoms with E-state index in [0.717, 1.165) is 31.6 Å². The maximum absolute atomic E-state index is 4.89. The van der Waals surface area contributed by atoms with Crippen LogP contribution >= 0.6 is 0 Å². The van der Waals surface area contributed by atoms with Gasteiger partial charge in [0.25, 0.3) is 0 Å². The van der Waals surface area contributed by atoms with E-state index in [1.165, 1.54) is 29.8 Å². The summed E-state index contributed by atoms with van der Waals surface area (Å²) in [5.74, 6) is 1.09. The lowest BCUT2D eigenvalue weighted by Crippen LogP contribution is -2.26. The van der Waals surface area contributed by atoms with Crippen LogP contribution in [0.1, 0.15) is 70.2 Å². The highest BCUT2D eigenvalue weighted by Gasteiger charge is 2.42. The lowest BCUT2D eigenvalue weighted by atomic mass is 10.0. The summed E-state index contributed by atoms with van der Waals surface area (Å²) in [6.07, 6.45) is 5.55. The van der Waals surface area contributed by atoms with Crippen molar-refractivity contribution in [3.8, 4) is 0 Å². The van der Waals surface area contributed by atoms with Gasteiger partial charge in [-0.3, -0.25) is 0 Å². The summed E-state index contributed by atoms with van der Waals surface area (Å²) < 4.78 is 0. The standard InChI is InChI=1S/C17H29N3/c1-6-14-13(8-11-18-12(3)4)15(7-2)20-16(19-14)17(5)9-10-17/h12,18H,6-11H2,1-5H3. The van der Waals surface area contributed by atoms with Crippen LogP contribution in [0.25, 0.3) is 0 Å². The SMILES string of the molecule is CCc1nc(C2(C)CC2)nc(CC)c1CCNC(C)C. The zero-order valence-electron chi connectivity index (χ0n) is 13.7. The van der Waals surface area contributed by atoms with Crippen LogP contribution < -0.4 is 5.32 Å². The molecule has 2 rings (SSSR count). The van der Waals surface area contributed by atoms with Gasteiger partial charge in [-0.15, -0.1) is 0 Å². The summed E-state index contributed by atoms with van der Waals surface area (Å²) in [6.45, 7) is 12.1. The van der Waals surface area contributed by atoms with E-state index >= 15 is 0 Å². The summed E-state index contributed by atoms with van der Waals surface area (Å²) in [5.41, 5.74) is 4.19. The van der Waals surface area contributed by atoms with Crippen molar-refractivity contribution in [3.63, 3.8) is 0 Å². The van der Waals surface area contributed by atoms with Crippen LogP contribution in [0.2, 0.25) is 0 Å². The monoisotopic (exact) mass is 275 g/mol. The third-order valence-corrected chi connectivity index (χ3v) is 4.32. The van der Waals surface area contributed by atoms with Crippen molar-refractivity contribution in [3.05, 3.63) is 22.8 Å². The second-order valence-corrected chi connectivity index (χ2v) is 6.55. The molecule has 0 atom stereocenters. The zero-order valence-corrected chi connectivity index (χ0v) is 13.7. The van der Waals surface area contributed by atoms with Crippen molar-refractivity contribution in [2.24, 2.45) is 0 Å². The molecule has 0 radical (unpaired) electrons. The largest absolute Gasteiger partial charge is 0.314 e. The Morgan fingerprint density at radius 2 is 1.65 bits per heavy atom. The molecule has 1 aromatic rings. The molecule has 0 aliphatic heterocycles.